The highest BCUT2D eigenvalue weighted by atomic mass is 17.1. The molecule has 0 bridgehead atoms. The van der Waals surface area contributed by atoms with Crippen LogP contribution in [0, 0.1) is 0 Å². The lowest BCUT2D eigenvalue weighted by molar-refractivity contribution is -0.253. The first kappa shape index (κ1) is 12.6. The summed E-state index contributed by atoms with van der Waals surface area (Å²) >= 11 is 0. The van der Waals surface area contributed by atoms with Gasteiger partial charge in [-0.3, -0.25) is 20.5 Å². The van der Waals surface area contributed by atoms with Crippen molar-refractivity contribution >= 4 is 0 Å². The number of aromatic nitrogens is 2. The third kappa shape index (κ3) is 3.08. The molecule has 6 nitrogen and oxygen atoms in total. The lowest BCUT2D eigenvalue weighted by Gasteiger charge is -2.04. The van der Waals surface area contributed by atoms with E-state index in [2.05, 4.69) is 19.7 Å². The van der Waals surface area contributed by atoms with Gasteiger partial charge in [-0.2, -0.15) is 0 Å². The third-order valence-electron chi connectivity index (χ3n) is 2.37. The smallest absolute Gasteiger partial charge is 0.107 e. The normalized spacial score (nSPS) is 10.6. The van der Waals surface area contributed by atoms with Gasteiger partial charge >= 0.3 is 0 Å². The minimum Gasteiger partial charge on any atom is -0.255 e. The maximum absolute atomic E-state index is 8.41. The summed E-state index contributed by atoms with van der Waals surface area (Å²) in [5.74, 6) is 0. The molecule has 0 aromatic carbocycles. The zero-order chi connectivity index (χ0) is 12.8. The summed E-state index contributed by atoms with van der Waals surface area (Å²) in [6.07, 6.45) is 3.22. The van der Waals surface area contributed by atoms with E-state index in [0.29, 0.717) is 11.4 Å². The van der Waals surface area contributed by atoms with Crippen molar-refractivity contribution in [1.82, 2.24) is 9.97 Å². The molecule has 0 amide bonds. The number of hydrogen-bond acceptors (Lipinski definition) is 6. The molecule has 0 unspecified atom stereocenters. The van der Waals surface area contributed by atoms with E-state index in [1.165, 1.54) is 0 Å². The van der Waals surface area contributed by atoms with Crippen LogP contribution in [0.15, 0.2) is 36.7 Å². The second-order valence-electron chi connectivity index (χ2n) is 3.65. The van der Waals surface area contributed by atoms with Crippen LogP contribution in [0.4, 0.5) is 0 Å². The van der Waals surface area contributed by atoms with Crippen molar-refractivity contribution in [3.63, 3.8) is 0 Å². The van der Waals surface area contributed by atoms with E-state index in [1.54, 1.807) is 36.7 Å². The molecular formula is C12H12N2O4. The van der Waals surface area contributed by atoms with Crippen LogP contribution in [0.2, 0.25) is 0 Å². The Kier molecular flexibility index (Phi) is 4.32. The van der Waals surface area contributed by atoms with E-state index < -0.39 is 0 Å². The fourth-order valence-electron chi connectivity index (χ4n) is 1.56. The van der Waals surface area contributed by atoms with Crippen molar-refractivity contribution in [3.05, 3.63) is 47.8 Å². The summed E-state index contributed by atoms with van der Waals surface area (Å²) in [5, 5.41) is 16.8. The molecule has 0 atom stereocenters. The fourth-order valence-corrected chi connectivity index (χ4v) is 1.56. The molecule has 2 N–H and O–H groups in total. The Balaban J connectivity index is 2.29. The first-order chi connectivity index (χ1) is 8.83. The van der Waals surface area contributed by atoms with Gasteiger partial charge < -0.3 is 0 Å². The lowest BCUT2D eigenvalue weighted by Crippen LogP contribution is -1.94. The highest BCUT2D eigenvalue weighted by Crippen LogP contribution is 2.17. The Morgan fingerprint density at radius 1 is 0.833 bits per heavy atom. The van der Waals surface area contributed by atoms with Crippen molar-refractivity contribution in [1.29, 1.82) is 0 Å². The summed E-state index contributed by atoms with van der Waals surface area (Å²) in [6, 6.07) is 7.01. The first-order valence-electron chi connectivity index (χ1n) is 5.26. The highest BCUT2D eigenvalue weighted by molar-refractivity contribution is 5.55. The van der Waals surface area contributed by atoms with Gasteiger partial charge in [0.15, 0.2) is 0 Å². The average molecular weight is 248 g/mol. The molecule has 0 saturated carbocycles. The van der Waals surface area contributed by atoms with E-state index in [-0.39, 0.29) is 13.2 Å². The first-order valence-corrected chi connectivity index (χ1v) is 5.26. The SMILES string of the molecule is OOCc1ccnc(-c2cc(COO)ccn2)c1. The number of pyridine rings is 2. The van der Waals surface area contributed by atoms with Gasteiger partial charge in [-0.05, 0) is 35.4 Å². The molecule has 0 radical (unpaired) electrons. The Bertz CT molecular complexity index is 471. The zero-order valence-electron chi connectivity index (χ0n) is 9.48. The maximum atomic E-state index is 8.41. The van der Waals surface area contributed by atoms with E-state index >= 15 is 0 Å². The van der Waals surface area contributed by atoms with Crippen LogP contribution in [0.1, 0.15) is 11.1 Å². The number of hydrogen-bond donors (Lipinski definition) is 2. The minimum atomic E-state index is 0.0922. The molecule has 2 heterocycles. The summed E-state index contributed by atoms with van der Waals surface area (Å²) in [4.78, 5) is 16.5. The Morgan fingerprint density at radius 3 is 1.67 bits per heavy atom. The van der Waals surface area contributed by atoms with Gasteiger partial charge in [0, 0.05) is 12.4 Å². The minimum absolute atomic E-state index is 0.0922. The third-order valence-corrected chi connectivity index (χ3v) is 2.37. The molecule has 2 rings (SSSR count). The lowest BCUT2D eigenvalue weighted by atomic mass is 10.1. The molecule has 94 valence electrons. The molecule has 0 aliphatic rings. The van der Waals surface area contributed by atoms with Crippen LogP contribution >= 0.6 is 0 Å². The Labute approximate surface area is 103 Å². The van der Waals surface area contributed by atoms with Crippen molar-refractivity contribution in [2.75, 3.05) is 0 Å². The second kappa shape index (κ2) is 6.18. The monoisotopic (exact) mass is 248 g/mol. The molecule has 0 fully saturated rings. The molecule has 0 aliphatic heterocycles. The molecule has 2 aromatic heterocycles. The van der Waals surface area contributed by atoms with Crippen molar-refractivity contribution in [3.8, 4) is 11.4 Å². The van der Waals surface area contributed by atoms with E-state index in [1.807, 2.05) is 0 Å². The predicted octanol–water partition coefficient (Wildman–Crippen LogP) is 2.12. The summed E-state index contributed by atoms with van der Waals surface area (Å²) < 4.78 is 0. The van der Waals surface area contributed by atoms with E-state index in [0.717, 1.165) is 11.1 Å². The van der Waals surface area contributed by atoms with E-state index in [9.17, 15) is 0 Å². The van der Waals surface area contributed by atoms with Crippen molar-refractivity contribution in [2.24, 2.45) is 0 Å². The fraction of sp³-hybridized carbons (Fsp3) is 0.167. The zero-order valence-corrected chi connectivity index (χ0v) is 9.48. The van der Waals surface area contributed by atoms with Gasteiger partial charge in [0.05, 0.1) is 11.4 Å². The van der Waals surface area contributed by atoms with Crippen LogP contribution in [0.25, 0.3) is 11.4 Å². The van der Waals surface area contributed by atoms with Crippen LogP contribution in [-0.4, -0.2) is 20.5 Å². The number of nitrogens with zero attached hydrogens (tertiary/aromatic N) is 2. The van der Waals surface area contributed by atoms with Crippen LogP contribution in [0.3, 0.4) is 0 Å². The van der Waals surface area contributed by atoms with Gasteiger partial charge in [0.1, 0.15) is 13.2 Å². The summed E-state index contributed by atoms with van der Waals surface area (Å²) in [7, 11) is 0. The Hall–Kier alpha value is -1.86. The van der Waals surface area contributed by atoms with Crippen LogP contribution in [0.5, 0.6) is 0 Å². The molecule has 0 spiro atoms. The van der Waals surface area contributed by atoms with Gasteiger partial charge in [0.25, 0.3) is 0 Å². The predicted molar refractivity (Wildman–Crippen MR) is 62.3 cm³/mol. The topological polar surface area (TPSA) is 84.7 Å². The van der Waals surface area contributed by atoms with Crippen LogP contribution < -0.4 is 0 Å². The summed E-state index contributed by atoms with van der Waals surface area (Å²) in [6.45, 7) is 0.184. The van der Waals surface area contributed by atoms with Gasteiger partial charge in [0.2, 0.25) is 0 Å². The average Bonchev–Trinajstić information content (AvgIpc) is 2.40. The molecule has 2 aromatic rings. The van der Waals surface area contributed by atoms with Crippen molar-refractivity contribution < 1.29 is 20.3 Å². The molecule has 6 heteroatoms. The second-order valence-corrected chi connectivity index (χ2v) is 3.65. The largest absolute Gasteiger partial charge is 0.255 e. The molecule has 0 saturated heterocycles. The van der Waals surface area contributed by atoms with Crippen molar-refractivity contribution in [2.45, 2.75) is 13.2 Å². The molecule has 0 aliphatic carbocycles. The summed E-state index contributed by atoms with van der Waals surface area (Å²) in [5.41, 5.74) is 2.88. The van der Waals surface area contributed by atoms with Gasteiger partial charge in [-0.15, -0.1) is 0 Å². The molecule has 18 heavy (non-hydrogen) atoms. The maximum Gasteiger partial charge on any atom is 0.107 e. The van der Waals surface area contributed by atoms with Crippen LogP contribution in [-0.2, 0) is 23.0 Å². The Morgan fingerprint density at radius 2 is 1.28 bits per heavy atom. The number of rotatable bonds is 5. The standard InChI is InChI=1S/C12H12N2O4/c15-17-7-9-1-3-13-11(5-9)12-6-10(8-18-16)2-4-14-12/h1-6,15-16H,7-8H2. The quantitative estimate of drug-likeness (QED) is 0.622. The van der Waals surface area contributed by atoms with Gasteiger partial charge in [-0.25, -0.2) is 9.78 Å². The molecular weight excluding hydrogens is 236 g/mol. The highest BCUT2D eigenvalue weighted by Gasteiger charge is 2.04. The van der Waals surface area contributed by atoms with Gasteiger partial charge in [-0.1, -0.05) is 0 Å². The van der Waals surface area contributed by atoms with E-state index in [4.69, 9.17) is 10.5 Å².